The number of nitrogens with zero attached hydrogens (tertiary/aromatic N) is 1. The Labute approximate surface area is 115 Å². The summed E-state index contributed by atoms with van der Waals surface area (Å²) in [6.45, 7) is 2.29. The molecule has 1 unspecified atom stereocenters. The largest absolute Gasteiger partial charge is 0.494 e. The number of nitrogens with one attached hydrogen (secondary N) is 1. The first-order valence-corrected chi connectivity index (χ1v) is 6.39. The van der Waals surface area contributed by atoms with Crippen molar-refractivity contribution in [1.82, 2.24) is 9.88 Å². The number of aromatic nitrogens is 1. The van der Waals surface area contributed by atoms with Gasteiger partial charge in [0.25, 0.3) is 11.5 Å². The van der Waals surface area contributed by atoms with Crippen LogP contribution in [0.1, 0.15) is 34.5 Å². The average Bonchev–Trinajstić information content (AvgIpc) is 2.65. The fourth-order valence-corrected chi connectivity index (χ4v) is 2.63. The zero-order valence-corrected chi connectivity index (χ0v) is 11.0. The molecule has 3 rings (SSSR count). The molecule has 0 radical (unpaired) electrons. The number of aromatic hydroxyl groups is 1. The molecule has 0 saturated heterocycles. The molecule has 2 aromatic rings. The Morgan fingerprint density at radius 3 is 2.65 bits per heavy atom. The second-order valence-corrected chi connectivity index (χ2v) is 4.90. The molecule has 102 valence electrons. The number of amides is 1. The van der Waals surface area contributed by atoms with Crippen LogP contribution in [0.4, 0.5) is 0 Å². The molecule has 2 heterocycles. The van der Waals surface area contributed by atoms with Gasteiger partial charge in [-0.15, -0.1) is 0 Å². The molecule has 0 fully saturated rings. The second kappa shape index (κ2) is 4.52. The molecular weight excluding hydrogens is 256 g/mol. The number of rotatable bonds is 2. The number of pyridine rings is 1. The molecule has 1 aromatic heterocycles. The molecule has 1 aliphatic heterocycles. The summed E-state index contributed by atoms with van der Waals surface area (Å²) in [5, 5.41) is 9.85. The highest BCUT2D eigenvalue weighted by atomic mass is 16.3. The van der Waals surface area contributed by atoms with Gasteiger partial charge in [0.05, 0.1) is 11.6 Å². The number of carbonyl (C=O) groups excluding carboxylic acids is 1. The van der Waals surface area contributed by atoms with Crippen LogP contribution in [0.25, 0.3) is 0 Å². The van der Waals surface area contributed by atoms with Crippen LogP contribution in [0.15, 0.2) is 41.2 Å². The van der Waals surface area contributed by atoms with Crippen molar-refractivity contribution in [3.63, 3.8) is 0 Å². The average molecular weight is 270 g/mol. The summed E-state index contributed by atoms with van der Waals surface area (Å²) in [6.07, 6.45) is 0. The fraction of sp³-hybridized carbons (Fsp3) is 0.200. The first-order chi connectivity index (χ1) is 9.58. The van der Waals surface area contributed by atoms with Gasteiger partial charge < -0.3 is 10.0 Å². The lowest BCUT2D eigenvalue weighted by Crippen LogP contribution is -2.26. The van der Waals surface area contributed by atoms with Crippen LogP contribution in [0.2, 0.25) is 0 Å². The van der Waals surface area contributed by atoms with Crippen molar-refractivity contribution in [3.8, 4) is 5.88 Å². The van der Waals surface area contributed by atoms with Gasteiger partial charge in [-0.2, -0.15) is 0 Å². The number of hydrogen-bond donors (Lipinski definition) is 2. The van der Waals surface area contributed by atoms with Crippen molar-refractivity contribution in [3.05, 3.63) is 63.4 Å². The SMILES string of the molecule is CC1c2c(cc(=O)[nH]c2O)C(=O)N1Cc1ccccc1. The topological polar surface area (TPSA) is 73.4 Å². The number of aromatic amines is 1. The van der Waals surface area contributed by atoms with Gasteiger partial charge in [-0.05, 0) is 12.5 Å². The zero-order valence-electron chi connectivity index (χ0n) is 11.0. The molecule has 20 heavy (non-hydrogen) atoms. The van der Waals surface area contributed by atoms with Crippen molar-refractivity contribution < 1.29 is 9.90 Å². The van der Waals surface area contributed by atoms with Crippen LogP contribution >= 0.6 is 0 Å². The van der Waals surface area contributed by atoms with Gasteiger partial charge in [0, 0.05) is 18.2 Å². The molecule has 1 atom stereocenters. The molecule has 1 amide bonds. The quantitative estimate of drug-likeness (QED) is 0.873. The van der Waals surface area contributed by atoms with Crippen molar-refractivity contribution in [2.45, 2.75) is 19.5 Å². The van der Waals surface area contributed by atoms with Crippen LogP contribution in [-0.2, 0) is 6.54 Å². The van der Waals surface area contributed by atoms with Gasteiger partial charge in [-0.3, -0.25) is 14.6 Å². The minimum atomic E-state index is -0.469. The minimum absolute atomic E-state index is 0.219. The van der Waals surface area contributed by atoms with E-state index in [0.29, 0.717) is 12.1 Å². The van der Waals surface area contributed by atoms with Crippen LogP contribution in [0, 0.1) is 0 Å². The normalized spacial score (nSPS) is 17.4. The van der Waals surface area contributed by atoms with E-state index >= 15 is 0 Å². The Morgan fingerprint density at radius 1 is 1.25 bits per heavy atom. The number of H-pyrrole nitrogens is 1. The standard InChI is InChI=1S/C15H14N2O3/c1-9-13-11(7-12(18)16-14(13)19)15(20)17(9)8-10-5-3-2-4-6-10/h2-7,9H,8H2,1H3,(H2,16,18,19). The van der Waals surface area contributed by atoms with E-state index in [2.05, 4.69) is 4.98 Å². The summed E-state index contributed by atoms with van der Waals surface area (Å²) in [6, 6.07) is 10.6. The molecule has 0 bridgehead atoms. The third-order valence-corrected chi connectivity index (χ3v) is 3.63. The van der Waals surface area contributed by atoms with Gasteiger partial charge in [-0.1, -0.05) is 30.3 Å². The van der Waals surface area contributed by atoms with Crippen molar-refractivity contribution in [2.24, 2.45) is 0 Å². The summed E-state index contributed by atoms with van der Waals surface area (Å²) < 4.78 is 0. The van der Waals surface area contributed by atoms with Crippen LogP contribution < -0.4 is 5.56 Å². The van der Waals surface area contributed by atoms with E-state index in [4.69, 9.17) is 0 Å². The maximum atomic E-state index is 12.4. The predicted octanol–water partition coefficient (Wildman–Crippen LogP) is 1.80. The molecule has 1 aromatic carbocycles. The summed E-state index contributed by atoms with van der Waals surface area (Å²) in [5.74, 6) is -0.443. The smallest absolute Gasteiger partial charge is 0.255 e. The Hall–Kier alpha value is -2.56. The molecule has 0 saturated carbocycles. The van der Waals surface area contributed by atoms with Gasteiger partial charge in [0.1, 0.15) is 0 Å². The van der Waals surface area contributed by atoms with E-state index in [9.17, 15) is 14.7 Å². The third-order valence-electron chi connectivity index (χ3n) is 3.63. The first-order valence-electron chi connectivity index (χ1n) is 6.39. The lowest BCUT2D eigenvalue weighted by Gasteiger charge is -2.22. The lowest BCUT2D eigenvalue weighted by molar-refractivity contribution is 0.0722. The number of hydrogen-bond acceptors (Lipinski definition) is 3. The van der Waals surface area contributed by atoms with Crippen LogP contribution in [0.5, 0.6) is 5.88 Å². The van der Waals surface area contributed by atoms with Gasteiger partial charge >= 0.3 is 0 Å². The van der Waals surface area contributed by atoms with Gasteiger partial charge in [0.2, 0.25) is 0 Å². The minimum Gasteiger partial charge on any atom is -0.494 e. The molecule has 5 heteroatoms. The monoisotopic (exact) mass is 270 g/mol. The van der Waals surface area contributed by atoms with Crippen LogP contribution in [-0.4, -0.2) is 20.9 Å². The van der Waals surface area contributed by atoms with E-state index < -0.39 is 5.56 Å². The van der Waals surface area contributed by atoms with E-state index in [1.807, 2.05) is 37.3 Å². The number of carbonyl (C=O) groups is 1. The highest BCUT2D eigenvalue weighted by Crippen LogP contribution is 2.37. The molecule has 2 N–H and O–H groups in total. The van der Waals surface area contributed by atoms with Crippen molar-refractivity contribution in [2.75, 3.05) is 0 Å². The van der Waals surface area contributed by atoms with E-state index in [1.54, 1.807) is 4.90 Å². The second-order valence-electron chi connectivity index (χ2n) is 4.90. The predicted molar refractivity (Wildman–Crippen MR) is 73.5 cm³/mol. The van der Waals surface area contributed by atoms with E-state index in [1.165, 1.54) is 6.07 Å². The fourth-order valence-electron chi connectivity index (χ4n) is 2.63. The maximum Gasteiger partial charge on any atom is 0.255 e. The summed E-state index contributed by atoms with van der Waals surface area (Å²) in [7, 11) is 0. The van der Waals surface area contributed by atoms with Crippen LogP contribution in [0.3, 0.4) is 0 Å². The first kappa shape index (κ1) is 12.5. The highest BCUT2D eigenvalue weighted by molar-refractivity contribution is 5.99. The maximum absolute atomic E-state index is 12.4. The van der Waals surface area contributed by atoms with Gasteiger partial charge in [0.15, 0.2) is 5.88 Å². The van der Waals surface area contributed by atoms with Crippen molar-refractivity contribution in [1.29, 1.82) is 0 Å². The highest BCUT2D eigenvalue weighted by Gasteiger charge is 2.36. The Kier molecular flexibility index (Phi) is 2.82. The molecular formula is C15H14N2O3. The molecule has 1 aliphatic rings. The van der Waals surface area contributed by atoms with E-state index in [-0.39, 0.29) is 23.4 Å². The summed E-state index contributed by atoms with van der Waals surface area (Å²) >= 11 is 0. The van der Waals surface area contributed by atoms with E-state index in [0.717, 1.165) is 5.56 Å². The van der Waals surface area contributed by atoms with Gasteiger partial charge in [-0.25, -0.2) is 0 Å². The van der Waals surface area contributed by atoms with Crippen molar-refractivity contribution >= 4 is 5.91 Å². The molecule has 5 nitrogen and oxygen atoms in total. The molecule has 0 spiro atoms. The number of benzene rings is 1. The number of fused-ring (bicyclic) bond motifs is 1. The third kappa shape index (κ3) is 1.87. The lowest BCUT2D eigenvalue weighted by atomic mass is 10.1. The zero-order chi connectivity index (χ0) is 14.3. The Bertz CT molecular complexity index is 722. The summed E-state index contributed by atoms with van der Waals surface area (Å²) in [5.41, 5.74) is 1.31. The summed E-state index contributed by atoms with van der Waals surface area (Å²) in [4.78, 5) is 27.7. The Balaban J connectivity index is 1.99. The molecule has 0 aliphatic carbocycles. The Morgan fingerprint density at radius 2 is 1.95 bits per heavy atom.